The number of ether oxygens (including phenoxy) is 1. The van der Waals surface area contributed by atoms with Crippen molar-refractivity contribution in [1.29, 1.82) is 0 Å². The molecule has 2 N–H and O–H groups in total. The van der Waals surface area contributed by atoms with Gasteiger partial charge < -0.3 is 9.84 Å². The third kappa shape index (κ3) is 3.16. The largest absolute Gasteiger partial charge is 0.477 e. The zero-order valence-electron chi connectivity index (χ0n) is 10.5. The standard InChI is InChI=1S/C12H11N3O4S/c1-19-6-8-9(11(17)18)20-12(14-8)15-10(16)7-2-4-13-5-3-7/h2-5H,6H2,1H3,(H,17,18)(H,14,15,16). The molecule has 0 radical (unpaired) electrons. The minimum absolute atomic E-state index is 0.0527. The third-order valence-electron chi connectivity index (χ3n) is 2.34. The van der Waals surface area contributed by atoms with Crippen LogP contribution in [0.5, 0.6) is 0 Å². The van der Waals surface area contributed by atoms with Crippen LogP contribution in [0.15, 0.2) is 24.5 Å². The molecule has 0 aliphatic carbocycles. The van der Waals surface area contributed by atoms with Gasteiger partial charge in [0, 0.05) is 25.1 Å². The van der Waals surface area contributed by atoms with Crippen LogP contribution in [0, 0.1) is 0 Å². The topological polar surface area (TPSA) is 101 Å². The van der Waals surface area contributed by atoms with Crippen LogP contribution in [-0.4, -0.2) is 34.1 Å². The van der Waals surface area contributed by atoms with Crippen molar-refractivity contribution in [3.8, 4) is 0 Å². The average Bonchev–Trinajstić information content (AvgIpc) is 2.83. The number of carbonyl (C=O) groups is 2. The summed E-state index contributed by atoms with van der Waals surface area (Å²) < 4.78 is 4.88. The fourth-order valence-corrected chi connectivity index (χ4v) is 2.28. The normalized spacial score (nSPS) is 10.2. The van der Waals surface area contributed by atoms with Gasteiger partial charge in [-0.05, 0) is 12.1 Å². The van der Waals surface area contributed by atoms with Gasteiger partial charge in [0.15, 0.2) is 5.13 Å². The molecular weight excluding hydrogens is 282 g/mol. The lowest BCUT2D eigenvalue weighted by Crippen LogP contribution is -2.11. The molecule has 0 aliphatic rings. The van der Waals surface area contributed by atoms with Crippen molar-refractivity contribution in [3.63, 3.8) is 0 Å². The van der Waals surface area contributed by atoms with E-state index in [0.29, 0.717) is 5.56 Å². The third-order valence-corrected chi connectivity index (χ3v) is 3.34. The lowest BCUT2D eigenvalue weighted by molar-refractivity contribution is 0.0696. The summed E-state index contributed by atoms with van der Waals surface area (Å²) in [4.78, 5) is 30.9. The summed E-state index contributed by atoms with van der Waals surface area (Å²) in [7, 11) is 1.44. The summed E-state index contributed by atoms with van der Waals surface area (Å²) in [6, 6.07) is 3.11. The summed E-state index contributed by atoms with van der Waals surface area (Å²) >= 11 is 0.892. The van der Waals surface area contributed by atoms with Gasteiger partial charge in [-0.25, -0.2) is 9.78 Å². The number of thiazole rings is 1. The van der Waals surface area contributed by atoms with Gasteiger partial charge in [0.05, 0.1) is 12.3 Å². The second-order valence-corrected chi connectivity index (χ2v) is 4.72. The van der Waals surface area contributed by atoms with Crippen molar-refractivity contribution >= 4 is 28.3 Å². The number of pyridine rings is 1. The molecule has 0 bridgehead atoms. The van der Waals surface area contributed by atoms with Crippen LogP contribution in [0.1, 0.15) is 25.7 Å². The first-order valence-corrected chi connectivity index (χ1v) is 6.36. The molecule has 0 saturated heterocycles. The van der Waals surface area contributed by atoms with Crippen molar-refractivity contribution < 1.29 is 19.4 Å². The highest BCUT2D eigenvalue weighted by molar-refractivity contribution is 7.17. The van der Waals surface area contributed by atoms with Crippen LogP contribution >= 0.6 is 11.3 Å². The monoisotopic (exact) mass is 293 g/mol. The number of carbonyl (C=O) groups excluding carboxylic acids is 1. The lowest BCUT2D eigenvalue weighted by Gasteiger charge is -2.00. The number of aromatic carboxylic acids is 1. The molecule has 0 spiro atoms. The molecule has 20 heavy (non-hydrogen) atoms. The minimum atomic E-state index is -1.10. The first-order chi connectivity index (χ1) is 9.61. The first kappa shape index (κ1) is 14.1. The Hall–Kier alpha value is -2.32. The molecule has 2 heterocycles. The van der Waals surface area contributed by atoms with Gasteiger partial charge in [0.2, 0.25) is 0 Å². The van der Waals surface area contributed by atoms with E-state index < -0.39 is 5.97 Å². The van der Waals surface area contributed by atoms with E-state index in [1.165, 1.54) is 19.5 Å². The SMILES string of the molecule is COCc1nc(NC(=O)c2ccncc2)sc1C(=O)O. The van der Waals surface area contributed by atoms with Crippen LogP contribution in [-0.2, 0) is 11.3 Å². The molecule has 0 fully saturated rings. The van der Waals surface area contributed by atoms with Crippen LogP contribution in [0.3, 0.4) is 0 Å². The number of rotatable bonds is 5. The summed E-state index contributed by atoms with van der Waals surface area (Å²) in [6.07, 6.45) is 2.99. The molecule has 0 unspecified atom stereocenters. The number of carboxylic acids is 1. The number of nitrogens with zero attached hydrogens (tertiary/aromatic N) is 2. The molecule has 8 heteroatoms. The fraction of sp³-hybridized carbons (Fsp3) is 0.167. The van der Waals surface area contributed by atoms with Crippen LogP contribution in [0.25, 0.3) is 0 Å². The Morgan fingerprint density at radius 2 is 2.10 bits per heavy atom. The minimum Gasteiger partial charge on any atom is -0.477 e. The summed E-state index contributed by atoms with van der Waals surface area (Å²) in [5.74, 6) is -1.47. The van der Waals surface area contributed by atoms with Crippen molar-refractivity contribution in [2.24, 2.45) is 0 Å². The Balaban J connectivity index is 2.19. The zero-order chi connectivity index (χ0) is 14.5. The predicted molar refractivity (Wildman–Crippen MR) is 72.0 cm³/mol. The lowest BCUT2D eigenvalue weighted by atomic mass is 10.2. The number of hydrogen-bond donors (Lipinski definition) is 2. The van der Waals surface area contributed by atoms with E-state index >= 15 is 0 Å². The zero-order valence-corrected chi connectivity index (χ0v) is 11.3. The number of nitrogens with one attached hydrogen (secondary N) is 1. The molecule has 7 nitrogen and oxygen atoms in total. The van der Waals surface area contributed by atoms with Crippen molar-refractivity contribution in [3.05, 3.63) is 40.7 Å². The quantitative estimate of drug-likeness (QED) is 0.869. The van der Waals surface area contributed by atoms with Gasteiger partial charge in [-0.3, -0.25) is 15.1 Å². The Labute approximate surface area is 118 Å². The summed E-state index contributed by atoms with van der Waals surface area (Å²) in [6.45, 7) is 0.0727. The maximum Gasteiger partial charge on any atom is 0.347 e. The highest BCUT2D eigenvalue weighted by atomic mass is 32.1. The molecule has 2 rings (SSSR count). The van der Waals surface area contributed by atoms with E-state index in [9.17, 15) is 9.59 Å². The predicted octanol–water partition coefficient (Wildman–Crippen LogP) is 1.64. The van der Waals surface area contributed by atoms with Gasteiger partial charge >= 0.3 is 5.97 Å². The highest BCUT2D eigenvalue weighted by Gasteiger charge is 2.18. The summed E-state index contributed by atoms with van der Waals surface area (Å²) in [5, 5.41) is 11.8. The van der Waals surface area contributed by atoms with Gasteiger partial charge in [0.1, 0.15) is 4.88 Å². The van der Waals surface area contributed by atoms with Crippen molar-refractivity contribution in [2.45, 2.75) is 6.61 Å². The number of hydrogen-bond acceptors (Lipinski definition) is 6. The Kier molecular flexibility index (Phi) is 4.38. The van der Waals surface area contributed by atoms with E-state index in [4.69, 9.17) is 9.84 Å². The van der Waals surface area contributed by atoms with Crippen LogP contribution in [0.2, 0.25) is 0 Å². The molecule has 0 aliphatic heterocycles. The number of anilines is 1. The second-order valence-electron chi connectivity index (χ2n) is 3.72. The molecule has 0 aromatic carbocycles. The van der Waals surface area contributed by atoms with Crippen molar-refractivity contribution in [1.82, 2.24) is 9.97 Å². The molecule has 2 aromatic rings. The Bertz CT molecular complexity index is 627. The van der Waals surface area contributed by atoms with Crippen LogP contribution in [0.4, 0.5) is 5.13 Å². The van der Waals surface area contributed by atoms with E-state index in [1.807, 2.05) is 0 Å². The Morgan fingerprint density at radius 1 is 1.40 bits per heavy atom. The number of methoxy groups -OCH3 is 1. The maximum atomic E-state index is 11.9. The van der Waals surface area contributed by atoms with Gasteiger partial charge in [-0.2, -0.15) is 0 Å². The molecular formula is C12H11N3O4S. The van der Waals surface area contributed by atoms with E-state index in [2.05, 4.69) is 15.3 Å². The fourth-order valence-electron chi connectivity index (χ4n) is 1.48. The molecule has 2 aromatic heterocycles. The molecule has 1 amide bonds. The summed E-state index contributed by atoms with van der Waals surface area (Å²) in [5.41, 5.74) is 0.704. The van der Waals surface area contributed by atoms with Gasteiger partial charge in [0.25, 0.3) is 5.91 Å². The van der Waals surface area contributed by atoms with E-state index in [-0.39, 0.29) is 28.2 Å². The highest BCUT2D eigenvalue weighted by Crippen LogP contribution is 2.24. The van der Waals surface area contributed by atoms with E-state index in [0.717, 1.165) is 11.3 Å². The van der Waals surface area contributed by atoms with Gasteiger partial charge in [-0.1, -0.05) is 11.3 Å². The van der Waals surface area contributed by atoms with E-state index in [1.54, 1.807) is 12.1 Å². The molecule has 104 valence electrons. The molecule has 0 saturated carbocycles. The Morgan fingerprint density at radius 3 is 2.70 bits per heavy atom. The van der Waals surface area contributed by atoms with Gasteiger partial charge in [-0.15, -0.1) is 0 Å². The number of carboxylic acid groups (broad SMARTS) is 1. The number of amides is 1. The molecule has 0 atom stereocenters. The second kappa shape index (κ2) is 6.22. The van der Waals surface area contributed by atoms with Crippen LogP contribution < -0.4 is 5.32 Å². The number of aromatic nitrogens is 2. The average molecular weight is 293 g/mol. The maximum absolute atomic E-state index is 11.9. The van der Waals surface area contributed by atoms with Crippen molar-refractivity contribution in [2.75, 3.05) is 12.4 Å². The first-order valence-electron chi connectivity index (χ1n) is 5.55. The smallest absolute Gasteiger partial charge is 0.347 e.